The fraction of sp³-hybridized carbons (Fsp3) is 0.357. The van der Waals surface area contributed by atoms with Crippen molar-refractivity contribution in [3.05, 3.63) is 41.8 Å². The Morgan fingerprint density at radius 2 is 2.06 bits per heavy atom. The molecule has 3 nitrogen and oxygen atoms in total. The van der Waals surface area contributed by atoms with Crippen LogP contribution in [0.3, 0.4) is 0 Å². The first-order chi connectivity index (χ1) is 8.00. The smallest absolute Gasteiger partial charge is 0.226 e. The molecule has 0 radical (unpaired) electrons. The van der Waals surface area contributed by atoms with Gasteiger partial charge in [0.1, 0.15) is 6.26 Å². The van der Waals surface area contributed by atoms with E-state index in [9.17, 15) is 0 Å². The van der Waals surface area contributed by atoms with E-state index >= 15 is 0 Å². The van der Waals surface area contributed by atoms with Gasteiger partial charge in [0.2, 0.25) is 5.89 Å². The molecule has 2 N–H and O–H groups in total. The molecule has 2 rings (SSSR count). The Kier molecular flexibility index (Phi) is 3.03. The Morgan fingerprint density at radius 3 is 2.65 bits per heavy atom. The Balaban J connectivity index is 2.37. The molecule has 0 unspecified atom stereocenters. The van der Waals surface area contributed by atoms with Gasteiger partial charge in [-0.3, -0.25) is 0 Å². The summed E-state index contributed by atoms with van der Waals surface area (Å²) in [5.41, 5.74) is 8.65. The standard InChI is InChI=1S/C14H18N2O/c1-14(2,3)12-9-17-13(16-12)11-6-4-5-10(7-11)8-15/h4-7,9H,8,15H2,1-3H3. The highest BCUT2D eigenvalue weighted by Gasteiger charge is 2.19. The van der Waals surface area contributed by atoms with Crippen molar-refractivity contribution in [2.75, 3.05) is 0 Å². The van der Waals surface area contributed by atoms with Crippen LogP contribution in [0.2, 0.25) is 0 Å². The van der Waals surface area contributed by atoms with E-state index in [0.717, 1.165) is 16.8 Å². The van der Waals surface area contributed by atoms with E-state index in [1.807, 2.05) is 24.3 Å². The van der Waals surface area contributed by atoms with Crippen LogP contribution >= 0.6 is 0 Å². The zero-order valence-electron chi connectivity index (χ0n) is 10.5. The minimum atomic E-state index is 0.00717. The largest absolute Gasteiger partial charge is 0.444 e. The summed E-state index contributed by atoms with van der Waals surface area (Å²) in [6.45, 7) is 6.88. The zero-order chi connectivity index (χ0) is 12.5. The van der Waals surface area contributed by atoms with Gasteiger partial charge in [0, 0.05) is 17.5 Å². The number of nitrogens with two attached hydrogens (primary N) is 1. The monoisotopic (exact) mass is 230 g/mol. The van der Waals surface area contributed by atoms with Crippen LogP contribution in [0.15, 0.2) is 34.9 Å². The van der Waals surface area contributed by atoms with Crippen molar-refractivity contribution < 1.29 is 4.42 Å². The Morgan fingerprint density at radius 1 is 1.29 bits per heavy atom. The number of nitrogens with zero attached hydrogens (tertiary/aromatic N) is 1. The van der Waals surface area contributed by atoms with Crippen LogP contribution in [0.1, 0.15) is 32.0 Å². The van der Waals surface area contributed by atoms with Crippen molar-refractivity contribution in [1.29, 1.82) is 0 Å². The first kappa shape index (κ1) is 11.9. The van der Waals surface area contributed by atoms with Crippen molar-refractivity contribution in [2.24, 2.45) is 5.73 Å². The summed E-state index contributed by atoms with van der Waals surface area (Å²) in [7, 11) is 0. The minimum Gasteiger partial charge on any atom is -0.444 e. The minimum absolute atomic E-state index is 0.00717. The molecule has 0 saturated heterocycles. The maximum Gasteiger partial charge on any atom is 0.226 e. The molecule has 17 heavy (non-hydrogen) atoms. The summed E-state index contributed by atoms with van der Waals surface area (Å²) in [6.07, 6.45) is 1.73. The van der Waals surface area contributed by atoms with Gasteiger partial charge < -0.3 is 10.2 Å². The highest BCUT2D eigenvalue weighted by molar-refractivity contribution is 5.54. The number of benzene rings is 1. The third-order valence-electron chi connectivity index (χ3n) is 2.68. The predicted octanol–water partition coefficient (Wildman–Crippen LogP) is 3.10. The van der Waals surface area contributed by atoms with Crippen LogP contribution in [0.4, 0.5) is 0 Å². The normalized spacial score (nSPS) is 11.8. The van der Waals surface area contributed by atoms with E-state index in [2.05, 4.69) is 25.8 Å². The second-order valence-electron chi connectivity index (χ2n) is 5.19. The van der Waals surface area contributed by atoms with E-state index in [-0.39, 0.29) is 5.41 Å². The molecule has 0 amide bonds. The van der Waals surface area contributed by atoms with E-state index < -0.39 is 0 Å². The Bertz CT molecular complexity index is 509. The molecule has 0 aliphatic rings. The van der Waals surface area contributed by atoms with Gasteiger partial charge in [0.25, 0.3) is 0 Å². The topological polar surface area (TPSA) is 52.0 Å². The number of hydrogen-bond acceptors (Lipinski definition) is 3. The van der Waals surface area contributed by atoms with E-state index in [4.69, 9.17) is 10.2 Å². The van der Waals surface area contributed by atoms with Crippen molar-refractivity contribution in [1.82, 2.24) is 4.98 Å². The Hall–Kier alpha value is -1.61. The highest BCUT2D eigenvalue weighted by Crippen LogP contribution is 2.26. The highest BCUT2D eigenvalue weighted by atomic mass is 16.3. The van der Waals surface area contributed by atoms with Gasteiger partial charge in [-0.25, -0.2) is 4.98 Å². The third-order valence-corrected chi connectivity index (χ3v) is 2.68. The van der Waals surface area contributed by atoms with Crippen molar-refractivity contribution in [2.45, 2.75) is 32.7 Å². The van der Waals surface area contributed by atoms with Crippen LogP contribution in [0.5, 0.6) is 0 Å². The first-order valence-electron chi connectivity index (χ1n) is 5.76. The molecule has 0 spiro atoms. The molecule has 1 aromatic carbocycles. The molecular formula is C14H18N2O. The summed E-state index contributed by atoms with van der Waals surface area (Å²) in [4.78, 5) is 4.52. The SMILES string of the molecule is CC(C)(C)c1coc(-c2cccc(CN)c2)n1. The summed E-state index contributed by atoms with van der Waals surface area (Å²) in [5.74, 6) is 0.658. The molecule has 0 saturated carbocycles. The Labute approximate surface area is 102 Å². The van der Waals surface area contributed by atoms with E-state index in [0.29, 0.717) is 12.4 Å². The fourth-order valence-electron chi connectivity index (χ4n) is 1.58. The number of oxazole rings is 1. The molecule has 1 heterocycles. The van der Waals surface area contributed by atoms with Crippen LogP contribution in [-0.2, 0) is 12.0 Å². The average molecular weight is 230 g/mol. The zero-order valence-corrected chi connectivity index (χ0v) is 10.5. The lowest BCUT2D eigenvalue weighted by molar-refractivity contribution is 0.543. The maximum absolute atomic E-state index is 5.62. The van der Waals surface area contributed by atoms with Gasteiger partial charge in [0.05, 0.1) is 5.69 Å². The van der Waals surface area contributed by atoms with Gasteiger partial charge in [-0.1, -0.05) is 32.9 Å². The summed E-state index contributed by atoms with van der Waals surface area (Å²) < 4.78 is 5.52. The van der Waals surface area contributed by atoms with E-state index in [1.165, 1.54) is 0 Å². The second kappa shape index (κ2) is 4.34. The van der Waals surface area contributed by atoms with Gasteiger partial charge in [-0.15, -0.1) is 0 Å². The van der Waals surface area contributed by atoms with Gasteiger partial charge in [0.15, 0.2) is 0 Å². The second-order valence-corrected chi connectivity index (χ2v) is 5.19. The fourth-order valence-corrected chi connectivity index (χ4v) is 1.58. The van der Waals surface area contributed by atoms with Crippen molar-refractivity contribution in [3.8, 4) is 11.5 Å². The first-order valence-corrected chi connectivity index (χ1v) is 5.76. The van der Waals surface area contributed by atoms with Crippen LogP contribution < -0.4 is 5.73 Å². The number of hydrogen-bond donors (Lipinski definition) is 1. The lowest BCUT2D eigenvalue weighted by Crippen LogP contribution is -2.11. The van der Waals surface area contributed by atoms with Crippen molar-refractivity contribution >= 4 is 0 Å². The van der Waals surface area contributed by atoms with Crippen LogP contribution in [0.25, 0.3) is 11.5 Å². The molecule has 1 aromatic heterocycles. The van der Waals surface area contributed by atoms with Crippen LogP contribution in [0, 0.1) is 0 Å². The van der Waals surface area contributed by atoms with Gasteiger partial charge >= 0.3 is 0 Å². The molecule has 3 heteroatoms. The molecular weight excluding hydrogens is 212 g/mol. The quantitative estimate of drug-likeness (QED) is 0.862. The maximum atomic E-state index is 5.62. The summed E-state index contributed by atoms with van der Waals surface area (Å²) in [5, 5.41) is 0. The van der Waals surface area contributed by atoms with Gasteiger partial charge in [-0.05, 0) is 17.7 Å². The average Bonchev–Trinajstić information content (AvgIpc) is 2.78. The molecule has 0 aliphatic heterocycles. The summed E-state index contributed by atoms with van der Waals surface area (Å²) >= 11 is 0. The molecule has 0 atom stereocenters. The predicted molar refractivity (Wildman–Crippen MR) is 68.5 cm³/mol. The molecule has 0 aliphatic carbocycles. The molecule has 0 fully saturated rings. The van der Waals surface area contributed by atoms with Crippen molar-refractivity contribution in [3.63, 3.8) is 0 Å². The number of aromatic nitrogens is 1. The van der Waals surface area contributed by atoms with Gasteiger partial charge in [-0.2, -0.15) is 0 Å². The lowest BCUT2D eigenvalue weighted by Gasteiger charge is -2.12. The molecule has 90 valence electrons. The number of rotatable bonds is 2. The molecule has 0 bridgehead atoms. The van der Waals surface area contributed by atoms with Crippen LogP contribution in [-0.4, -0.2) is 4.98 Å². The summed E-state index contributed by atoms with van der Waals surface area (Å²) in [6, 6.07) is 7.96. The lowest BCUT2D eigenvalue weighted by atomic mass is 9.93. The third kappa shape index (κ3) is 2.56. The molecule has 2 aromatic rings. The van der Waals surface area contributed by atoms with E-state index in [1.54, 1.807) is 6.26 Å².